The molecule has 0 radical (unpaired) electrons. The summed E-state index contributed by atoms with van der Waals surface area (Å²) in [5.41, 5.74) is 10.9. The monoisotopic (exact) mass is 187 g/mol. The lowest BCUT2D eigenvalue weighted by molar-refractivity contribution is 1.44. The molecule has 5 heteroatoms. The molecule has 0 aliphatic rings. The van der Waals surface area contributed by atoms with E-state index < -0.39 is 0 Å². The molecule has 11 heavy (non-hydrogen) atoms. The second-order valence-electron chi connectivity index (χ2n) is 1.65. The first-order valence-corrected chi connectivity index (χ1v) is 4.35. The molecule has 0 saturated heterocycles. The first-order valence-electron chi connectivity index (χ1n) is 2.95. The summed E-state index contributed by atoms with van der Waals surface area (Å²) in [5, 5.41) is 8.93. The molecule has 0 fully saturated rings. The lowest BCUT2D eigenvalue weighted by atomic mass is 10.3. The average molecular weight is 187 g/mol. The minimum Gasteiger partial charge on any atom is -0.392 e. The van der Waals surface area contributed by atoms with Gasteiger partial charge in [-0.25, -0.2) is 0 Å². The van der Waals surface area contributed by atoms with Crippen LogP contribution in [0.4, 0.5) is 0 Å². The van der Waals surface area contributed by atoms with Crippen molar-refractivity contribution in [3.05, 3.63) is 10.6 Å². The number of hydrogen-bond acceptors (Lipinski definition) is 4. The number of thiocarbonyl (C=S) groups is 1. The summed E-state index contributed by atoms with van der Waals surface area (Å²) in [4.78, 5) is 0.0611. The third kappa shape index (κ3) is 3.25. The topological polar surface area (TPSA) is 75.8 Å². The maximum Gasteiger partial charge on any atom is 0.117 e. The Balaban J connectivity index is 4.58. The summed E-state index contributed by atoms with van der Waals surface area (Å²) in [7, 11) is 0. The van der Waals surface area contributed by atoms with E-state index in [0.717, 1.165) is 5.75 Å². The van der Waals surface area contributed by atoms with Crippen molar-refractivity contribution >= 4 is 29.0 Å². The quantitative estimate of drug-likeness (QED) is 0.387. The predicted octanol–water partition coefficient (Wildman–Crippen LogP) is 0.719. The van der Waals surface area contributed by atoms with E-state index in [4.69, 9.17) is 16.7 Å². The van der Waals surface area contributed by atoms with Crippen molar-refractivity contribution in [2.45, 2.75) is 6.92 Å². The second kappa shape index (κ2) is 4.99. The van der Waals surface area contributed by atoms with Gasteiger partial charge in [0.15, 0.2) is 0 Å². The molecule has 60 valence electrons. The van der Waals surface area contributed by atoms with Crippen molar-refractivity contribution < 1.29 is 0 Å². The highest BCUT2D eigenvalue weighted by molar-refractivity contribution is 8.03. The smallest absolute Gasteiger partial charge is 0.117 e. The zero-order valence-electron chi connectivity index (χ0n) is 6.13. The Morgan fingerprint density at radius 1 is 1.64 bits per heavy atom. The van der Waals surface area contributed by atoms with Crippen LogP contribution < -0.4 is 11.5 Å². The largest absolute Gasteiger partial charge is 0.392 e. The fraction of sp³-hybridized carbons (Fsp3) is 0.333. The minimum absolute atomic E-state index is 0.0611. The third-order valence-corrected chi connectivity index (χ3v) is 1.91. The molecule has 0 aromatic heterocycles. The first kappa shape index (κ1) is 10.3. The van der Waals surface area contributed by atoms with Crippen molar-refractivity contribution in [2.75, 3.05) is 5.75 Å². The van der Waals surface area contributed by atoms with E-state index in [1.807, 2.05) is 13.0 Å². The standard InChI is InChI=1S/C6H9N3S2/c1-2-11-6(9)4(3-7)5(8)10/h2,9H2,1H3,(H2,8,10). The highest BCUT2D eigenvalue weighted by Crippen LogP contribution is 2.13. The fourth-order valence-electron chi connectivity index (χ4n) is 0.459. The summed E-state index contributed by atoms with van der Waals surface area (Å²) in [6, 6.07) is 1.85. The molecule has 0 aromatic carbocycles. The molecule has 0 heterocycles. The number of rotatable bonds is 3. The van der Waals surface area contributed by atoms with Gasteiger partial charge in [-0.05, 0) is 5.75 Å². The SMILES string of the molecule is CCSC(N)=C(C#N)C(N)=S. The number of thioether (sulfide) groups is 1. The Morgan fingerprint density at radius 2 is 2.18 bits per heavy atom. The maximum atomic E-state index is 8.52. The number of hydrogen-bond donors (Lipinski definition) is 2. The predicted molar refractivity (Wildman–Crippen MR) is 51.7 cm³/mol. The van der Waals surface area contributed by atoms with E-state index >= 15 is 0 Å². The van der Waals surface area contributed by atoms with Crippen LogP contribution in [0.25, 0.3) is 0 Å². The van der Waals surface area contributed by atoms with E-state index in [0.29, 0.717) is 5.03 Å². The summed E-state index contributed by atoms with van der Waals surface area (Å²) in [6.07, 6.45) is 0. The molecule has 0 amide bonds. The Hall–Kier alpha value is -0.730. The van der Waals surface area contributed by atoms with Gasteiger partial charge >= 0.3 is 0 Å². The van der Waals surface area contributed by atoms with Crippen LogP contribution >= 0.6 is 24.0 Å². The first-order chi connectivity index (χ1) is 5.13. The summed E-state index contributed by atoms with van der Waals surface area (Å²) >= 11 is 5.97. The van der Waals surface area contributed by atoms with Crippen LogP contribution in [-0.2, 0) is 0 Å². The minimum atomic E-state index is 0.0611. The average Bonchev–Trinajstić information content (AvgIpc) is 1.88. The van der Waals surface area contributed by atoms with Gasteiger partial charge in [0.1, 0.15) is 16.6 Å². The van der Waals surface area contributed by atoms with E-state index in [1.165, 1.54) is 11.8 Å². The highest BCUT2D eigenvalue weighted by Gasteiger charge is 2.04. The molecule has 0 atom stereocenters. The molecule has 0 aliphatic heterocycles. The molecular formula is C6H9N3S2. The van der Waals surface area contributed by atoms with Crippen molar-refractivity contribution in [3.63, 3.8) is 0 Å². The molecule has 4 N–H and O–H groups in total. The van der Waals surface area contributed by atoms with Crippen LogP contribution in [0.5, 0.6) is 0 Å². The van der Waals surface area contributed by atoms with E-state index in [-0.39, 0.29) is 10.6 Å². The summed E-state index contributed by atoms with van der Waals surface area (Å²) in [5.74, 6) is 0.805. The normalized spacial score (nSPS) is 11.6. The van der Waals surface area contributed by atoms with Crippen LogP contribution in [0.1, 0.15) is 6.92 Å². The fourth-order valence-corrected chi connectivity index (χ4v) is 1.29. The van der Waals surface area contributed by atoms with Crippen LogP contribution in [-0.4, -0.2) is 10.7 Å². The van der Waals surface area contributed by atoms with Gasteiger partial charge in [-0.2, -0.15) is 5.26 Å². The number of nitrogens with two attached hydrogens (primary N) is 2. The summed E-state index contributed by atoms with van der Waals surface area (Å²) in [6.45, 7) is 1.94. The lowest BCUT2D eigenvalue weighted by Crippen LogP contribution is -2.14. The molecular weight excluding hydrogens is 178 g/mol. The van der Waals surface area contributed by atoms with Crippen LogP contribution in [0.15, 0.2) is 10.6 Å². The molecule has 0 saturated carbocycles. The van der Waals surface area contributed by atoms with Crippen LogP contribution in [0.3, 0.4) is 0 Å². The Morgan fingerprint density at radius 3 is 2.45 bits per heavy atom. The molecule has 0 spiro atoms. The van der Waals surface area contributed by atoms with E-state index in [2.05, 4.69) is 12.2 Å². The highest BCUT2D eigenvalue weighted by atomic mass is 32.2. The van der Waals surface area contributed by atoms with E-state index in [9.17, 15) is 0 Å². The Labute approximate surface area is 75.4 Å². The zero-order chi connectivity index (χ0) is 8.85. The van der Waals surface area contributed by atoms with Crippen molar-refractivity contribution in [1.29, 1.82) is 5.26 Å². The van der Waals surface area contributed by atoms with E-state index in [1.54, 1.807) is 0 Å². The molecule has 0 unspecified atom stereocenters. The van der Waals surface area contributed by atoms with Gasteiger partial charge in [-0.1, -0.05) is 19.1 Å². The number of nitrogens with zero attached hydrogens (tertiary/aromatic N) is 1. The van der Waals surface area contributed by atoms with Crippen molar-refractivity contribution in [3.8, 4) is 6.07 Å². The van der Waals surface area contributed by atoms with Gasteiger partial charge < -0.3 is 11.5 Å². The molecule has 3 nitrogen and oxygen atoms in total. The van der Waals surface area contributed by atoms with Gasteiger partial charge in [0, 0.05) is 0 Å². The molecule has 0 rings (SSSR count). The van der Waals surface area contributed by atoms with Crippen molar-refractivity contribution in [2.24, 2.45) is 11.5 Å². The summed E-state index contributed by atoms with van der Waals surface area (Å²) < 4.78 is 0. The van der Waals surface area contributed by atoms with Gasteiger partial charge in [-0.15, -0.1) is 11.8 Å². The molecule has 0 aliphatic carbocycles. The van der Waals surface area contributed by atoms with Crippen molar-refractivity contribution in [1.82, 2.24) is 0 Å². The van der Waals surface area contributed by atoms with Gasteiger partial charge in [0.05, 0.1) is 5.03 Å². The van der Waals surface area contributed by atoms with Gasteiger partial charge in [0.2, 0.25) is 0 Å². The van der Waals surface area contributed by atoms with Gasteiger partial charge in [0.25, 0.3) is 0 Å². The number of nitriles is 1. The lowest BCUT2D eigenvalue weighted by Gasteiger charge is -2.00. The van der Waals surface area contributed by atoms with Crippen LogP contribution in [0, 0.1) is 11.3 Å². The van der Waals surface area contributed by atoms with Crippen LogP contribution in [0.2, 0.25) is 0 Å². The van der Waals surface area contributed by atoms with Gasteiger partial charge in [-0.3, -0.25) is 0 Å². The molecule has 0 bridgehead atoms. The molecule has 0 aromatic rings. The Bertz CT molecular complexity index is 226. The third-order valence-electron chi connectivity index (χ3n) is 0.904. The zero-order valence-corrected chi connectivity index (χ0v) is 7.76. The Kier molecular flexibility index (Phi) is 4.66. The second-order valence-corrected chi connectivity index (χ2v) is 3.39. The maximum absolute atomic E-state index is 8.52.